The summed E-state index contributed by atoms with van der Waals surface area (Å²) in [6.45, 7) is 1.91. The fourth-order valence-corrected chi connectivity index (χ4v) is 4.27. The third-order valence-electron chi connectivity index (χ3n) is 3.83. The standard InChI is InChI=1S/C22H19N3O3S2/c1-15-14-29-22(24-15)30-18-7-5-17(6-8-18)25-21(26)10-4-16-3-9-19(28-12-11-23)20(13-16)27-2/h3-10,13-14H,12H2,1-2H3,(H,25,26). The molecular formula is C22H19N3O3S2. The average Bonchev–Trinajstić information content (AvgIpc) is 3.17. The molecule has 1 aromatic heterocycles. The van der Waals surface area contributed by atoms with Crippen LogP contribution in [0.4, 0.5) is 5.69 Å². The van der Waals surface area contributed by atoms with Crippen molar-refractivity contribution in [3.05, 3.63) is 65.2 Å². The first-order valence-corrected chi connectivity index (χ1v) is 10.6. The van der Waals surface area contributed by atoms with Crippen LogP contribution in [0.3, 0.4) is 0 Å². The predicted molar refractivity (Wildman–Crippen MR) is 119 cm³/mol. The van der Waals surface area contributed by atoms with Gasteiger partial charge in [-0.2, -0.15) is 5.26 Å². The van der Waals surface area contributed by atoms with E-state index in [0.717, 1.165) is 20.5 Å². The van der Waals surface area contributed by atoms with E-state index in [-0.39, 0.29) is 12.5 Å². The van der Waals surface area contributed by atoms with E-state index < -0.39 is 0 Å². The van der Waals surface area contributed by atoms with Gasteiger partial charge in [0.15, 0.2) is 22.4 Å². The minimum atomic E-state index is -0.241. The molecule has 1 N–H and O–H groups in total. The summed E-state index contributed by atoms with van der Waals surface area (Å²) in [6.07, 6.45) is 3.13. The number of carbonyl (C=O) groups is 1. The van der Waals surface area contributed by atoms with Crippen molar-refractivity contribution in [2.45, 2.75) is 16.2 Å². The summed E-state index contributed by atoms with van der Waals surface area (Å²) in [5, 5.41) is 13.5. The molecule has 0 aliphatic rings. The molecule has 0 atom stereocenters. The largest absolute Gasteiger partial charge is 0.493 e. The maximum Gasteiger partial charge on any atom is 0.248 e. The van der Waals surface area contributed by atoms with Gasteiger partial charge in [-0.25, -0.2) is 4.98 Å². The lowest BCUT2D eigenvalue weighted by Crippen LogP contribution is -2.07. The van der Waals surface area contributed by atoms with Gasteiger partial charge >= 0.3 is 0 Å². The number of rotatable bonds is 8. The van der Waals surface area contributed by atoms with Crippen molar-refractivity contribution >= 4 is 40.8 Å². The smallest absolute Gasteiger partial charge is 0.248 e. The molecule has 0 aliphatic heterocycles. The minimum absolute atomic E-state index is 0.0608. The number of ether oxygens (including phenoxy) is 2. The van der Waals surface area contributed by atoms with Gasteiger partial charge in [-0.05, 0) is 55.0 Å². The van der Waals surface area contributed by atoms with E-state index >= 15 is 0 Å². The van der Waals surface area contributed by atoms with Crippen molar-refractivity contribution in [2.24, 2.45) is 0 Å². The fourth-order valence-electron chi connectivity index (χ4n) is 2.46. The van der Waals surface area contributed by atoms with Gasteiger partial charge in [0.05, 0.1) is 7.11 Å². The molecule has 0 aliphatic carbocycles. The van der Waals surface area contributed by atoms with E-state index in [9.17, 15) is 4.79 Å². The third kappa shape index (κ3) is 6.11. The highest BCUT2D eigenvalue weighted by Gasteiger charge is 2.06. The van der Waals surface area contributed by atoms with Gasteiger partial charge in [-0.3, -0.25) is 4.79 Å². The van der Waals surface area contributed by atoms with Crippen LogP contribution in [-0.4, -0.2) is 24.6 Å². The quantitative estimate of drug-likeness (QED) is 0.490. The van der Waals surface area contributed by atoms with E-state index in [1.54, 1.807) is 47.4 Å². The van der Waals surface area contributed by atoms with Crippen LogP contribution in [0.1, 0.15) is 11.3 Å². The second kappa shape index (κ2) is 10.5. The number of amides is 1. The average molecular weight is 438 g/mol. The lowest BCUT2D eigenvalue weighted by molar-refractivity contribution is -0.111. The molecule has 152 valence electrons. The van der Waals surface area contributed by atoms with E-state index in [0.29, 0.717) is 17.2 Å². The Bertz CT molecular complexity index is 1090. The number of anilines is 1. The van der Waals surface area contributed by atoms with E-state index in [1.807, 2.05) is 42.6 Å². The number of nitriles is 1. The summed E-state index contributed by atoms with van der Waals surface area (Å²) in [5.74, 6) is 0.734. The van der Waals surface area contributed by atoms with Gasteiger partial charge in [0.1, 0.15) is 6.07 Å². The molecule has 0 fully saturated rings. The Balaban J connectivity index is 1.58. The molecule has 3 aromatic rings. The van der Waals surface area contributed by atoms with Crippen molar-refractivity contribution in [3.63, 3.8) is 0 Å². The molecule has 30 heavy (non-hydrogen) atoms. The number of benzene rings is 2. The highest BCUT2D eigenvalue weighted by atomic mass is 32.2. The van der Waals surface area contributed by atoms with Crippen LogP contribution in [0.25, 0.3) is 6.08 Å². The van der Waals surface area contributed by atoms with Crippen molar-refractivity contribution < 1.29 is 14.3 Å². The van der Waals surface area contributed by atoms with Gasteiger partial charge in [-0.15, -0.1) is 11.3 Å². The number of methoxy groups -OCH3 is 1. The Morgan fingerprint density at radius 3 is 2.73 bits per heavy atom. The molecule has 0 bridgehead atoms. The summed E-state index contributed by atoms with van der Waals surface area (Å²) in [4.78, 5) is 17.7. The maximum absolute atomic E-state index is 12.2. The maximum atomic E-state index is 12.2. The Hall–Kier alpha value is -3.28. The summed E-state index contributed by atoms with van der Waals surface area (Å²) in [6, 6.07) is 14.8. The zero-order chi connectivity index (χ0) is 21.3. The molecule has 0 saturated carbocycles. The van der Waals surface area contributed by atoms with Crippen LogP contribution in [0, 0.1) is 18.3 Å². The molecule has 3 rings (SSSR count). The Kier molecular flexibility index (Phi) is 7.49. The van der Waals surface area contributed by atoms with Gasteiger partial charge in [-0.1, -0.05) is 17.8 Å². The summed E-state index contributed by atoms with van der Waals surface area (Å²) in [5.41, 5.74) is 2.50. The Morgan fingerprint density at radius 1 is 1.27 bits per heavy atom. The van der Waals surface area contributed by atoms with Crippen LogP contribution >= 0.6 is 23.1 Å². The fraction of sp³-hybridized carbons (Fsp3) is 0.136. The molecule has 0 spiro atoms. The third-order valence-corrected chi connectivity index (χ3v) is 5.90. The highest BCUT2D eigenvalue weighted by Crippen LogP contribution is 2.31. The molecule has 0 unspecified atom stereocenters. The first kappa shape index (κ1) is 21.4. The molecule has 0 saturated heterocycles. The van der Waals surface area contributed by atoms with Gasteiger partial charge in [0, 0.05) is 27.7 Å². The molecule has 6 nitrogen and oxygen atoms in total. The molecule has 0 radical (unpaired) electrons. The van der Waals surface area contributed by atoms with Crippen molar-refractivity contribution in [1.82, 2.24) is 4.98 Å². The van der Waals surface area contributed by atoms with E-state index in [2.05, 4.69) is 10.3 Å². The van der Waals surface area contributed by atoms with Gasteiger partial charge < -0.3 is 14.8 Å². The lowest BCUT2D eigenvalue weighted by atomic mass is 10.2. The predicted octanol–water partition coefficient (Wildman–Crippen LogP) is 5.17. The van der Waals surface area contributed by atoms with Crippen LogP contribution in [0.5, 0.6) is 11.5 Å². The lowest BCUT2D eigenvalue weighted by Gasteiger charge is -2.08. The number of hydrogen-bond donors (Lipinski definition) is 1. The second-order valence-corrected chi connectivity index (χ2v) is 8.24. The van der Waals surface area contributed by atoms with Gasteiger partial charge in [0.25, 0.3) is 0 Å². The van der Waals surface area contributed by atoms with Gasteiger partial charge in [0.2, 0.25) is 5.91 Å². The second-order valence-electron chi connectivity index (χ2n) is 6.06. The highest BCUT2D eigenvalue weighted by molar-refractivity contribution is 8.01. The van der Waals surface area contributed by atoms with Crippen LogP contribution in [0.2, 0.25) is 0 Å². The van der Waals surface area contributed by atoms with Crippen LogP contribution in [-0.2, 0) is 4.79 Å². The number of nitrogens with one attached hydrogen (secondary N) is 1. The number of hydrogen-bond acceptors (Lipinski definition) is 7. The zero-order valence-electron chi connectivity index (χ0n) is 16.4. The molecule has 8 heteroatoms. The van der Waals surface area contributed by atoms with Crippen molar-refractivity contribution in [3.8, 4) is 17.6 Å². The molecule has 1 amide bonds. The van der Waals surface area contributed by atoms with Crippen molar-refractivity contribution in [2.75, 3.05) is 19.0 Å². The Labute approximate surface area is 183 Å². The zero-order valence-corrected chi connectivity index (χ0v) is 18.0. The topological polar surface area (TPSA) is 84.2 Å². The van der Waals surface area contributed by atoms with Crippen LogP contribution in [0.15, 0.2) is 63.2 Å². The summed E-state index contributed by atoms with van der Waals surface area (Å²) in [7, 11) is 1.52. The number of carbonyl (C=O) groups excluding carboxylic acids is 1. The minimum Gasteiger partial charge on any atom is -0.493 e. The number of nitrogens with zero attached hydrogens (tertiary/aromatic N) is 2. The SMILES string of the molecule is COc1cc(C=CC(=O)Nc2ccc(Sc3nc(C)cs3)cc2)ccc1OCC#N. The number of thiazole rings is 1. The summed E-state index contributed by atoms with van der Waals surface area (Å²) >= 11 is 3.21. The van der Waals surface area contributed by atoms with Crippen molar-refractivity contribution in [1.29, 1.82) is 5.26 Å². The van der Waals surface area contributed by atoms with Crippen LogP contribution < -0.4 is 14.8 Å². The molecular weight excluding hydrogens is 418 g/mol. The number of aromatic nitrogens is 1. The first-order chi connectivity index (χ1) is 14.6. The summed E-state index contributed by atoms with van der Waals surface area (Å²) < 4.78 is 11.5. The number of aryl methyl sites for hydroxylation is 1. The normalized spacial score (nSPS) is 10.6. The molecule has 2 aromatic carbocycles. The van der Waals surface area contributed by atoms with E-state index in [4.69, 9.17) is 14.7 Å². The first-order valence-electron chi connectivity index (χ1n) is 8.94. The molecule has 1 heterocycles. The van der Waals surface area contributed by atoms with E-state index in [1.165, 1.54) is 13.2 Å². The monoisotopic (exact) mass is 437 g/mol. The Morgan fingerprint density at radius 2 is 2.07 bits per heavy atom.